The molecule has 0 aliphatic carbocycles. The minimum Gasteiger partial charge on any atom is -0.316 e. The summed E-state index contributed by atoms with van der Waals surface area (Å²) in [6, 6.07) is 7.24. The highest BCUT2D eigenvalue weighted by Gasteiger charge is 2.08. The lowest BCUT2D eigenvalue weighted by molar-refractivity contribution is 0.593. The second kappa shape index (κ2) is 5.11. The zero-order valence-corrected chi connectivity index (χ0v) is 9.56. The van der Waals surface area contributed by atoms with Gasteiger partial charge in [0.1, 0.15) is 0 Å². The van der Waals surface area contributed by atoms with Gasteiger partial charge in [-0.15, -0.1) is 0 Å². The summed E-state index contributed by atoms with van der Waals surface area (Å²) in [5.74, 6) is 0. The summed E-state index contributed by atoms with van der Waals surface area (Å²) in [5.41, 5.74) is 1.49. The second-order valence-electron chi connectivity index (χ2n) is 3.00. The summed E-state index contributed by atoms with van der Waals surface area (Å²) in [4.78, 5) is 0. The fourth-order valence-electron chi connectivity index (χ4n) is 1.16. The first-order valence-corrected chi connectivity index (χ1v) is 6.01. The van der Waals surface area contributed by atoms with Gasteiger partial charge in [-0.2, -0.15) is 8.42 Å². The van der Waals surface area contributed by atoms with Gasteiger partial charge in [0.25, 0.3) is 10.2 Å². The molecule has 6 heteroatoms. The number of hydrogen-bond acceptors (Lipinski definition) is 3. The molecular formula is C9H15N3O2S. The molecule has 0 bridgehead atoms. The average molecular weight is 229 g/mol. The van der Waals surface area contributed by atoms with E-state index < -0.39 is 10.2 Å². The van der Waals surface area contributed by atoms with Gasteiger partial charge in [-0.05, 0) is 18.7 Å². The molecule has 5 nitrogen and oxygen atoms in total. The van der Waals surface area contributed by atoms with Crippen molar-refractivity contribution in [1.29, 1.82) is 0 Å². The zero-order chi connectivity index (χ0) is 11.3. The zero-order valence-electron chi connectivity index (χ0n) is 8.74. The third-order valence-electron chi connectivity index (χ3n) is 1.90. The molecule has 0 aromatic heterocycles. The van der Waals surface area contributed by atoms with Crippen molar-refractivity contribution in [1.82, 2.24) is 10.0 Å². The van der Waals surface area contributed by atoms with Crippen LogP contribution in [-0.4, -0.2) is 22.5 Å². The van der Waals surface area contributed by atoms with E-state index in [0.29, 0.717) is 12.2 Å². The SMILES string of the molecule is CNCc1ccccc1NS(=O)(=O)NC. The molecule has 0 aliphatic rings. The Kier molecular flexibility index (Phi) is 4.07. The Morgan fingerprint density at radius 2 is 1.87 bits per heavy atom. The van der Waals surface area contributed by atoms with E-state index >= 15 is 0 Å². The summed E-state index contributed by atoms with van der Waals surface area (Å²) in [7, 11) is -0.268. The Labute approximate surface area is 90.1 Å². The molecule has 0 saturated carbocycles. The van der Waals surface area contributed by atoms with Crippen LogP contribution in [0.5, 0.6) is 0 Å². The van der Waals surface area contributed by atoms with Crippen molar-refractivity contribution in [3.8, 4) is 0 Å². The minimum absolute atomic E-state index is 0.584. The smallest absolute Gasteiger partial charge is 0.298 e. The molecule has 1 aromatic carbocycles. The Bertz CT molecular complexity index is 417. The molecular weight excluding hydrogens is 214 g/mol. The average Bonchev–Trinajstić information content (AvgIpc) is 2.21. The summed E-state index contributed by atoms with van der Waals surface area (Å²) in [6.45, 7) is 0.613. The van der Waals surface area contributed by atoms with Crippen molar-refractivity contribution >= 4 is 15.9 Å². The predicted molar refractivity (Wildman–Crippen MR) is 60.8 cm³/mol. The molecule has 0 spiro atoms. The van der Waals surface area contributed by atoms with E-state index in [1.54, 1.807) is 12.1 Å². The molecule has 0 unspecified atom stereocenters. The lowest BCUT2D eigenvalue weighted by Crippen LogP contribution is -2.27. The quantitative estimate of drug-likeness (QED) is 0.679. The maximum absolute atomic E-state index is 11.3. The monoisotopic (exact) mass is 229 g/mol. The molecule has 0 radical (unpaired) electrons. The third-order valence-corrected chi connectivity index (χ3v) is 2.92. The Morgan fingerprint density at radius 1 is 1.20 bits per heavy atom. The highest BCUT2D eigenvalue weighted by atomic mass is 32.2. The lowest BCUT2D eigenvalue weighted by atomic mass is 10.2. The molecule has 0 fully saturated rings. The van der Waals surface area contributed by atoms with E-state index in [1.165, 1.54) is 7.05 Å². The molecule has 0 atom stereocenters. The van der Waals surface area contributed by atoms with E-state index in [1.807, 2.05) is 19.2 Å². The number of para-hydroxylation sites is 1. The molecule has 0 amide bonds. The van der Waals surface area contributed by atoms with Crippen LogP contribution in [0.25, 0.3) is 0 Å². The van der Waals surface area contributed by atoms with Gasteiger partial charge in [-0.3, -0.25) is 4.72 Å². The van der Waals surface area contributed by atoms with Crippen LogP contribution in [0, 0.1) is 0 Å². The maximum Gasteiger partial charge on any atom is 0.298 e. The Balaban J connectivity index is 2.94. The molecule has 0 aliphatic heterocycles. The van der Waals surface area contributed by atoms with Gasteiger partial charge in [0.15, 0.2) is 0 Å². The highest BCUT2D eigenvalue weighted by Crippen LogP contribution is 2.15. The maximum atomic E-state index is 11.3. The summed E-state index contributed by atoms with van der Waals surface area (Å²) < 4.78 is 27.2. The van der Waals surface area contributed by atoms with Crippen molar-refractivity contribution in [2.24, 2.45) is 0 Å². The highest BCUT2D eigenvalue weighted by molar-refractivity contribution is 7.90. The molecule has 15 heavy (non-hydrogen) atoms. The topological polar surface area (TPSA) is 70.2 Å². The third kappa shape index (κ3) is 3.50. The van der Waals surface area contributed by atoms with Gasteiger partial charge in [-0.1, -0.05) is 18.2 Å². The van der Waals surface area contributed by atoms with Crippen LogP contribution in [-0.2, 0) is 16.8 Å². The molecule has 84 valence electrons. The van der Waals surface area contributed by atoms with Gasteiger partial charge in [-0.25, -0.2) is 4.72 Å². The van der Waals surface area contributed by atoms with E-state index in [4.69, 9.17) is 0 Å². The minimum atomic E-state index is -3.44. The van der Waals surface area contributed by atoms with Crippen LogP contribution >= 0.6 is 0 Å². The van der Waals surface area contributed by atoms with E-state index in [9.17, 15) is 8.42 Å². The number of hydrogen-bond donors (Lipinski definition) is 3. The van der Waals surface area contributed by atoms with Crippen molar-refractivity contribution in [3.05, 3.63) is 29.8 Å². The Morgan fingerprint density at radius 3 is 2.47 bits per heavy atom. The number of nitrogens with one attached hydrogen (secondary N) is 3. The van der Waals surface area contributed by atoms with Gasteiger partial charge in [0, 0.05) is 13.6 Å². The van der Waals surface area contributed by atoms with Crippen molar-refractivity contribution in [2.45, 2.75) is 6.54 Å². The summed E-state index contributed by atoms with van der Waals surface area (Å²) >= 11 is 0. The van der Waals surface area contributed by atoms with E-state index in [0.717, 1.165) is 5.56 Å². The molecule has 0 heterocycles. The van der Waals surface area contributed by atoms with Crippen LogP contribution in [0.15, 0.2) is 24.3 Å². The van der Waals surface area contributed by atoms with Gasteiger partial charge in [0.05, 0.1) is 5.69 Å². The van der Waals surface area contributed by atoms with Crippen LogP contribution in [0.4, 0.5) is 5.69 Å². The number of rotatable bonds is 5. The standard InChI is InChI=1S/C9H15N3O2S/c1-10-7-8-5-3-4-6-9(8)12-15(13,14)11-2/h3-6,10-12H,7H2,1-2H3. The second-order valence-corrected chi connectivity index (χ2v) is 4.62. The molecule has 0 saturated heterocycles. The van der Waals surface area contributed by atoms with Crippen molar-refractivity contribution in [3.63, 3.8) is 0 Å². The van der Waals surface area contributed by atoms with Gasteiger partial charge < -0.3 is 5.32 Å². The predicted octanol–water partition coefficient (Wildman–Crippen LogP) is 0.282. The molecule has 1 aromatic rings. The van der Waals surface area contributed by atoms with Gasteiger partial charge in [0.2, 0.25) is 0 Å². The van der Waals surface area contributed by atoms with Crippen molar-refractivity contribution in [2.75, 3.05) is 18.8 Å². The van der Waals surface area contributed by atoms with E-state index in [-0.39, 0.29) is 0 Å². The van der Waals surface area contributed by atoms with Crippen LogP contribution < -0.4 is 14.8 Å². The van der Waals surface area contributed by atoms with Crippen LogP contribution in [0.3, 0.4) is 0 Å². The summed E-state index contributed by atoms with van der Waals surface area (Å²) in [6.07, 6.45) is 0. The van der Waals surface area contributed by atoms with Crippen LogP contribution in [0.1, 0.15) is 5.56 Å². The Hall–Kier alpha value is -1.11. The molecule has 1 rings (SSSR count). The van der Waals surface area contributed by atoms with Crippen LogP contribution in [0.2, 0.25) is 0 Å². The first kappa shape index (κ1) is 12.0. The first-order valence-electron chi connectivity index (χ1n) is 4.53. The number of anilines is 1. The normalized spacial score (nSPS) is 11.3. The van der Waals surface area contributed by atoms with Gasteiger partial charge >= 0.3 is 0 Å². The van der Waals surface area contributed by atoms with E-state index in [2.05, 4.69) is 14.8 Å². The molecule has 3 N–H and O–H groups in total. The largest absolute Gasteiger partial charge is 0.316 e. The summed E-state index contributed by atoms with van der Waals surface area (Å²) in [5, 5.41) is 2.97. The fraction of sp³-hybridized carbons (Fsp3) is 0.333. The van der Waals surface area contributed by atoms with Crippen molar-refractivity contribution < 1.29 is 8.42 Å². The lowest BCUT2D eigenvalue weighted by Gasteiger charge is -2.11. The first-order chi connectivity index (χ1) is 7.09. The number of benzene rings is 1. The fourth-order valence-corrected chi connectivity index (χ4v) is 1.75.